The Labute approximate surface area is 156 Å². The smallest absolute Gasteiger partial charge is 0.173 e. The van der Waals surface area contributed by atoms with E-state index in [0.29, 0.717) is 0 Å². The summed E-state index contributed by atoms with van der Waals surface area (Å²) in [4.78, 5) is 23.5. The third-order valence-electron chi connectivity index (χ3n) is 5.12. The third kappa shape index (κ3) is 3.15. The lowest BCUT2D eigenvalue weighted by Gasteiger charge is -2.27. The molecule has 6 heteroatoms. The summed E-state index contributed by atoms with van der Waals surface area (Å²) in [5.74, 6) is 0.854. The number of hydrogen-bond donors (Lipinski definition) is 0. The van der Waals surface area contributed by atoms with E-state index in [-0.39, 0.29) is 0 Å². The Hall–Kier alpha value is -2.18. The fourth-order valence-electron chi connectivity index (χ4n) is 3.75. The van der Waals surface area contributed by atoms with Crippen LogP contribution in [0.25, 0.3) is 10.2 Å². The molecule has 5 heterocycles. The summed E-state index contributed by atoms with van der Waals surface area (Å²) in [6.07, 6.45) is 8.29. The van der Waals surface area contributed by atoms with Crippen LogP contribution in [0.2, 0.25) is 0 Å². The first-order valence-electron chi connectivity index (χ1n) is 9.29. The summed E-state index contributed by atoms with van der Waals surface area (Å²) in [7, 11) is 0. The van der Waals surface area contributed by atoms with E-state index in [9.17, 15) is 0 Å². The molecule has 0 spiro atoms. The molecule has 0 saturated carbocycles. The van der Waals surface area contributed by atoms with Gasteiger partial charge in [0, 0.05) is 60.8 Å². The van der Waals surface area contributed by atoms with Gasteiger partial charge in [-0.2, -0.15) is 0 Å². The molecule has 0 aromatic carbocycles. The Kier molecular flexibility index (Phi) is 4.22. The maximum atomic E-state index is 4.84. The van der Waals surface area contributed by atoms with E-state index < -0.39 is 0 Å². The van der Waals surface area contributed by atoms with Gasteiger partial charge in [-0.25, -0.2) is 15.0 Å². The maximum absolute atomic E-state index is 4.84. The molecule has 0 saturated heterocycles. The van der Waals surface area contributed by atoms with Crippen molar-refractivity contribution < 1.29 is 0 Å². The van der Waals surface area contributed by atoms with Crippen molar-refractivity contribution in [2.24, 2.45) is 4.99 Å². The minimum atomic E-state index is 0.854. The van der Waals surface area contributed by atoms with Gasteiger partial charge in [0.25, 0.3) is 0 Å². The molecule has 0 aliphatic carbocycles. The molecule has 0 radical (unpaired) electrons. The van der Waals surface area contributed by atoms with E-state index in [4.69, 9.17) is 4.98 Å². The van der Waals surface area contributed by atoms with Crippen LogP contribution >= 0.6 is 11.3 Å². The predicted octanol–water partition coefficient (Wildman–Crippen LogP) is 3.62. The van der Waals surface area contributed by atoms with E-state index in [0.717, 1.165) is 55.4 Å². The van der Waals surface area contributed by atoms with Gasteiger partial charge >= 0.3 is 0 Å². The van der Waals surface area contributed by atoms with Crippen LogP contribution in [0.4, 0.5) is 0 Å². The minimum absolute atomic E-state index is 0.854. The molecular formula is C20H21N5S. The second kappa shape index (κ2) is 6.85. The van der Waals surface area contributed by atoms with Crippen molar-refractivity contribution in [3.63, 3.8) is 0 Å². The highest BCUT2D eigenvalue weighted by Crippen LogP contribution is 2.26. The van der Waals surface area contributed by atoms with Crippen LogP contribution in [0.1, 0.15) is 41.2 Å². The fourth-order valence-corrected chi connectivity index (χ4v) is 4.79. The zero-order valence-electron chi connectivity index (χ0n) is 14.7. The number of rotatable bonds is 3. The highest BCUT2D eigenvalue weighted by Gasteiger charge is 2.21. The molecule has 3 aromatic rings. The lowest BCUT2D eigenvalue weighted by molar-refractivity contribution is 0.245. The van der Waals surface area contributed by atoms with Crippen LogP contribution in [-0.4, -0.2) is 38.7 Å². The molecule has 0 unspecified atom stereocenters. The van der Waals surface area contributed by atoms with E-state index in [2.05, 4.69) is 32.0 Å². The van der Waals surface area contributed by atoms with Crippen molar-refractivity contribution in [3.05, 3.63) is 52.6 Å². The second-order valence-corrected chi connectivity index (χ2v) is 8.14. The lowest BCUT2D eigenvalue weighted by atomic mass is 10.1. The molecule has 132 valence electrons. The van der Waals surface area contributed by atoms with E-state index in [1.807, 2.05) is 18.5 Å². The largest absolute Gasteiger partial charge is 0.293 e. The number of aromatic nitrogens is 3. The van der Waals surface area contributed by atoms with Crippen LogP contribution < -0.4 is 0 Å². The molecule has 0 N–H and O–H groups in total. The average molecular weight is 363 g/mol. The average Bonchev–Trinajstić information content (AvgIpc) is 3.10. The van der Waals surface area contributed by atoms with Gasteiger partial charge < -0.3 is 0 Å². The molecule has 0 amide bonds. The van der Waals surface area contributed by atoms with E-state index >= 15 is 0 Å². The Bertz CT molecular complexity index is 944. The summed E-state index contributed by atoms with van der Waals surface area (Å²) in [5, 5.41) is 1.24. The molecule has 26 heavy (non-hydrogen) atoms. The van der Waals surface area contributed by atoms with Gasteiger partial charge in [0.2, 0.25) is 0 Å². The molecule has 5 rings (SSSR count). The highest BCUT2D eigenvalue weighted by atomic mass is 32.1. The number of thiophene rings is 1. The quantitative estimate of drug-likeness (QED) is 0.713. The molecule has 0 atom stereocenters. The van der Waals surface area contributed by atoms with Gasteiger partial charge in [-0.15, -0.1) is 11.3 Å². The molecule has 2 aliphatic heterocycles. The second-order valence-electron chi connectivity index (χ2n) is 7.02. The summed E-state index contributed by atoms with van der Waals surface area (Å²) < 4.78 is 0. The van der Waals surface area contributed by atoms with Crippen LogP contribution in [0.15, 0.2) is 35.6 Å². The Balaban J connectivity index is 1.32. The Morgan fingerprint density at radius 3 is 3.04 bits per heavy atom. The highest BCUT2D eigenvalue weighted by molar-refractivity contribution is 7.18. The number of pyridine rings is 1. The van der Waals surface area contributed by atoms with Crippen molar-refractivity contribution in [3.8, 4) is 0 Å². The van der Waals surface area contributed by atoms with Crippen LogP contribution in [0, 0.1) is 0 Å². The fraction of sp³-hybridized carbons (Fsp3) is 0.400. The molecule has 2 aliphatic rings. The summed E-state index contributed by atoms with van der Waals surface area (Å²) in [5.41, 5.74) is 3.56. The predicted molar refractivity (Wildman–Crippen MR) is 105 cm³/mol. The molecule has 5 nitrogen and oxygen atoms in total. The van der Waals surface area contributed by atoms with Crippen molar-refractivity contribution >= 4 is 27.3 Å². The molecular weight excluding hydrogens is 342 g/mol. The molecule has 0 fully saturated rings. The summed E-state index contributed by atoms with van der Waals surface area (Å²) in [6.45, 7) is 3.85. The monoisotopic (exact) mass is 363 g/mol. The van der Waals surface area contributed by atoms with Gasteiger partial charge in [0.15, 0.2) is 5.82 Å². The van der Waals surface area contributed by atoms with Crippen molar-refractivity contribution in [2.45, 2.75) is 38.8 Å². The Morgan fingerprint density at radius 2 is 2.15 bits per heavy atom. The van der Waals surface area contributed by atoms with Gasteiger partial charge in [0.1, 0.15) is 4.83 Å². The topological polar surface area (TPSA) is 54.3 Å². The molecule has 0 bridgehead atoms. The van der Waals surface area contributed by atoms with Crippen molar-refractivity contribution in [1.29, 1.82) is 0 Å². The zero-order chi connectivity index (χ0) is 17.3. The lowest BCUT2D eigenvalue weighted by Crippen LogP contribution is -2.31. The number of aliphatic imine (C=N–C) groups is 1. The summed E-state index contributed by atoms with van der Waals surface area (Å²) >= 11 is 1.79. The zero-order valence-corrected chi connectivity index (χ0v) is 15.5. The molecule has 3 aromatic heterocycles. The first-order chi connectivity index (χ1) is 12.8. The Morgan fingerprint density at radius 1 is 1.15 bits per heavy atom. The number of hydrogen-bond acceptors (Lipinski definition) is 6. The number of nitrogens with zero attached hydrogens (tertiary/aromatic N) is 5. The van der Waals surface area contributed by atoms with Gasteiger partial charge in [-0.3, -0.25) is 9.89 Å². The standard InChI is InChI=1S/C20H21N5S/c1-2-7-21-18(5-1)19-23-11-15-12-25(9-6-17(15)24-19)13-16-10-14-4-3-8-22-20(14)26-16/h3-4,8,10-11H,1-2,5-7,9,12-13H2. The normalized spacial score (nSPS) is 17.9. The minimum Gasteiger partial charge on any atom is -0.293 e. The van der Waals surface area contributed by atoms with Gasteiger partial charge in [-0.1, -0.05) is 6.07 Å². The summed E-state index contributed by atoms with van der Waals surface area (Å²) in [6, 6.07) is 6.40. The van der Waals surface area contributed by atoms with E-state index in [1.54, 1.807) is 11.3 Å². The SMILES string of the molecule is c1cnc2sc(CN3CCc4nc(C5=NCCCC5)ncc4C3)cc2c1. The van der Waals surface area contributed by atoms with Crippen molar-refractivity contribution in [1.82, 2.24) is 19.9 Å². The maximum Gasteiger partial charge on any atom is 0.173 e. The first-order valence-corrected chi connectivity index (χ1v) is 10.1. The van der Waals surface area contributed by atoms with Crippen LogP contribution in [-0.2, 0) is 19.5 Å². The van der Waals surface area contributed by atoms with Gasteiger partial charge in [0.05, 0.1) is 11.4 Å². The van der Waals surface area contributed by atoms with Crippen molar-refractivity contribution in [2.75, 3.05) is 13.1 Å². The van der Waals surface area contributed by atoms with E-state index in [1.165, 1.54) is 34.4 Å². The van der Waals surface area contributed by atoms with Crippen LogP contribution in [0.5, 0.6) is 0 Å². The first kappa shape index (κ1) is 16.0. The third-order valence-corrected chi connectivity index (χ3v) is 6.16. The van der Waals surface area contributed by atoms with Gasteiger partial charge in [-0.05, 0) is 31.4 Å². The number of fused-ring (bicyclic) bond motifs is 2. The van der Waals surface area contributed by atoms with Crippen LogP contribution in [0.3, 0.4) is 0 Å².